The summed E-state index contributed by atoms with van der Waals surface area (Å²) in [6.07, 6.45) is 0. The lowest BCUT2D eigenvalue weighted by atomic mass is 9.98. The normalized spacial score (nSPS) is 12.0. The van der Waals surface area contributed by atoms with Crippen molar-refractivity contribution in [1.82, 2.24) is 10.2 Å². The van der Waals surface area contributed by atoms with Gasteiger partial charge in [-0.05, 0) is 42.6 Å². The van der Waals surface area contributed by atoms with Gasteiger partial charge in [0.25, 0.3) is 0 Å². The molecule has 0 aliphatic carbocycles. The Hall–Kier alpha value is -3.25. The summed E-state index contributed by atoms with van der Waals surface area (Å²) in [5, 5.41) is 7.14. The summed E-state index contributed by atoms with van der Waals surface area (Å²) >= 11 is 0. The van der Waals surface area contributed by atoms with Crippen LogP contribution >= 0.6 is 0 Å². The fourth-order valence-electron chi connectivity index (χ4n) is 3.12. The fraction of sp³-hybridized carbons (Fsp3) is 0.182. The van der Waals surface area contributed by atoms with Gasteiger partial charge < -0.3 is 15.5 Å². The second-order valence-electron chi connectivity index (χ2n) is 6.69. The number of carbonyl (C=O) groups is 2. The fourth-order valence-corrected chi connectivity index (χ4v) is 3.12. The Labute approximate surface area is 163 Å². The van der Waals surface area contributed by atoms with Crippen LogP contribution in [0.5, 0.6) is 0 Å². The molecule has 2 amide bonds. The zero-order valence-electron chi connectivity index (χ0n) is 15.8. The van der Waals surface area contributed by atoms with Gasteiger partial charge in [0.2, 0.25) is 0 Å². The van der Waals surface area contributed by atoms with E-state index in [4.69, 9.17) is 0 Å². The van der Waals surface area contributed by atoms with E-state index >= 15 is 0 Å². The second kappa shape index (κ2) is 8.63. The number of amides is 2. The van der Waals surface area contributed by atoms with Crippen LogP contribution in [0.4, 0.5) is 10.1 Å². The number of rotatable bonds is 5. The molecule has 0 aromatic heterocycles. The van der Waals surface area contributed by atoms with Crippen molar-refractivity contribution in [3.8, 4) is 0 Å². The van der Waals surface area contributed by atoms with Crippen LogP contribution in [0, 0.1) is 5.82 Å². The lowest BCUT2D eigenvalue weighted by Crippen LogP contribution is -2.40. The third kappa shape index (κ3) is 4.35. The van der Waals surface area contributed by atoms with Gasteiger partial charge in [0.05, 0.1) is 11.7 Å². The van der Waals surface area contributed by atoms with Gasteiger partial charge in [0, 0.05) is 6.54 Å². The number of carbonyl (C=O) groups excluding carboxylic acids is 2. The van der Waals surface area contributed by atoms with E-state index in [9.17, 15) is 14.0 Å². The summed E-state index contributed by atoms with van der Waals surface area (Å²) in [6.45, 7) is 0.241. The molecule has 1 unspecified atom stereocenters. The molecule has 3 aromatic carbocycles. The lowest BCUT2D eigenvalue weighted by molar-refractivity contribution is -0.136. The van der Waals surface area contributed by atoms with Crippen molar-refractivity contribution in [3.05, 3.63) is 78.1 Å². The quantitative estimate of drug-likeness (QED) is 0.669. The third-order valence-electron chi connectivity index (χ3n) is 4.59. The molecule has 0 aliphatic rings. The molecule has 0 saturated heterocycles. The van der Waals surface area contributed by atoms with E-state index in [0.29, 0.717) is 0 Å². The van der Waals surface area contributed by atoms with Crippen molar-refractivity contribution < 1.29 is 14.0 Å². The number of nitrogens with one attached hydrogen (secondary N) is 2. The number of hydrogen-bond acceptors (Lipinski definition) is 3. The molecule has 28 heavy (non-hydrogen) atoms. The average Bonchev–Trinajstić information content (AvgIpc) is 2.69. The van der Waals surface area contributed by atoms with Crippen molar-refractivity contribution in [2.24, 2.45) is 0 Å². The van der Waals surface area contributed by atoms with Gasteiger partial charge in [-0.25, -0.2) is 4.39 Å². The van der Waals surface area contributed by atoms with Gasteiger partial charge in [-0.2, -0.15) is 0 Å². The smallest absolute Gasteiger partial charge is 0.313 e. The van der Waals surface area contributed by atoms with E-state index in [2.05, 4.69) is 10.6 Å². The van der Waals surface area contributed by atoms with Crippen molar-refractivity contribution in [1.29, 1.82) is 0 Å². The molecular formula is C22H22FN3O2. The monoisotopic (exact) mass is 379 g/mol. The number of nitrogens with zero attached hydrogens (tertiary/aromatic N) is 1. The first-order valence-electron chi connectivity index (χ1n) is 8.95. The highest BCUT2D eigenvalue weighted by molar-refractivity contribution is 6.39. The molecule has 2 N–H and O–H groups in total. The maximum absolute atomic E-state index is 13.6. The highest BCUT2D eigenvalue weighted by Gasteiger charge is 2.20. The molecular weight excluding hydrogens is 357 g/mol. The largest absolute Gasteiger partial charge is 0.346 e. The van der Waals surface area contributed by atoms with Gasteiger partial charge in [-0.1, -0.05) is 54.6 Å². The second-order valence-corrected chi connectivity index (χ2v) is 6.69. The van der Waals surface area contributed by atoms with Gasteiger partial charge in [0.15, 0.2) is 0 Å². The minimum absolute atomic E-state index is 0.0270. The first-order valence-corrected chi connectivity index (χ1v) is 8.95. The lowest BCUT2D eigenvalue weighted by Gasteiger charge is -2.26. The molecule has 0 heterocycles. The Balaban J connectivity index is 1.72. The average molecular weight is 379 g/mol. The minimum Gasteiger partial charge on any atom is -0.346 e. The Bertz CT molecular complexity index is 998. The number of hydrogen-bond donors (Lipinski definition) is 2. The molecule has 0 saturated carbocycles. The van der Waals surface area contributed by atoms with E-state index in [0.717, 1.165) is 16.3 Å². The topological polar surface area (TPSA) is 61.4 Å². The van der Waals surface area contributed by atoms with E-state index in [-0.39, 0.29) is 18.3 Å². The Kier molecular flexibility index (Phi) is 6.01. The zero-order chi connectivity index (χ0) is 20.1. The van der Waals surface area contributed by atoms with Gasteiger partial charge in [0.1, 0.15) is 5.82 Å². The highest BCUT2D eigenvalue weighted by Crippen LogP contribution is 2.26. The van der Waals surface area contributed by atoms with E-state index in [1.807, 2.05) is 61.5 Å². The van der Waals surface area contributed by atoms with Crippen molar-refractivity contribution >= 4 is 28.3 Å². The summed E-state index contributed by atoms with van der Waals surface area (Å²) in [4.78, 5) is 26.3. The standard InChI is InChI=1S/C22H22FN3O2/c1-26(2)20(17-11-7-9-15-8-3-4-10-16(15)17)14-24-21(27)22(28)25-19-13-6-5-12-18(19)23/h3-13,20H,14H2,1-2H3,(H,24,27)(H,25,28). The van der Waals surface area contributed by atoms with Gasteiger partial charge in [-0.3, -0.25) is 9.59 Å². The van der Waals surface area contributed by atoms with Crippen LogP contribution in [0.15, 0.2) is 66.7 Å². The Morgan fingerprint density at radius 3 is 2.36 bits per heavy atom. The number of likely N-dealkylation sites (N-methyl/N-ethyl adjacent to an activating group) is 1. The summed E-state index contributed by atoms with van der Waals surface area (Å²) in [5.74, 6) is -2.30. The number of benzene rings is 3. The molecule has 6 heteroatoms. The molecule has 144 valence electrons. The van der Waals surface area contributed by atoms with E-state index in [1.54, 1.807) is 6.07 Å². The number of halogens is 1. The van der Waals surface area contributed by atoms with Crippen molar-refractivity contribution in [2.75, 3.05) is 26.0 Å². The van der Waals surface area contributed by atoms with Crippen molar-refractivity contribution in [2.45, 2.75) is 6.04 Å². The first-order chi connectivity index (χ1) is 13.5. The van der Waals surface area contributed by atoms with E-state index in [1.165, 1.54) is 18.2 Å². The maximum Gasteiger partial charge on any atom is 0.313 e. The van der Waals surface area contributed by atoms with Gasteiger partial charge in [-0.15, -0.1) is 0 Å². The van der Waals surface area contributed by atoms with Crippen LogP contribution in [-0.2, 0) is 9.59 Å². The first kappa shape index (κ1) is 19.5. The molecule has 0 bridgehead atoms. The Morgan fingerprint density at radius 2 is 1.61 bits per heavy atom. The molecule has 3 rings (SSSR count). The molecule has 0 spiro atoms. The number of fused-ring (bicyclic) bond motifs is 1. The molecule has 3 aromatic rings. The van der Waals surface area contributed by atoms with Gasteiger partial charge >= 0.3 is 11.8 Å². The molecule has 1 atom stereocenters. The predicted octanol–water partition coefficient (Wildman–Crippen LogP) is 3.34. The minimum atomic E-state index is -0.902. The Morgan fingerprint density at radius 1 is 0.929 bits per heavy atom. The van der Waals surface area contributed by atoms with Crippen LogP contribution in [0.25, 0.3) is 10.8 Å². The highest BCUT2D eigenvalue weighted by atomic mass is 19.1. The van der Waals surface area contributed by atoms with E-state index < -0.39 is 17.6 Å². The summed E-state index contributed by atoms with van der Waals surface area (Å²) in [5.41, 5.74) is 1.03. The zero-order valence-corrected chi connectivity index (χ0v) is 15.8. The summed E-state index contributed by atoms with van der Waals surface area (Å²) in [7, 11) is 3.83. The van der Waals surface area contributed by atoms with Crippen LogP contribution in [0.2, 0.25) is 0 Å². The molecule has 5 nitrogen and oxygen atoms in total. The molecule has 0 radical (unpaired) electrons. The predicted molar refractivity (Wildman–Crippen MR) is 108 cm³/mol. The number of para-hydroxylation sites is 1. The summed E-state index contributed by atoms with van der Waals surface area (Å²) in [6, 6.07) is 19.6. The maximum atomic E-state index is 13.6. The van der Waals surface area contributed by atoms with Crippen LogP contribution in [-0.4, -0.2) is 37.4 Å². The van der Waals surface area contributed by atoms with Crippen LogP contribution in [0.1, 0.15) is 11.6 Å². The third-order valence-corrected chi connectivity index (χ3v) is 4.59. The molecule has 0 fully saturated rings. The van der Waals surface area contributed by atoms with Crippen LogP contribution < -0.4 is 10.6 Å². The van der Waals surface area contributed by atoms with Crippen LogP contribution in [0.3, 0.4) is 0 Å². The summed E-state index contributed by atoms with van der Waals surface area (Å²) < 4.78 is 13.6. The number of anilines is 1. The van der Waals surface area contributed by atoms with Crippen molar-refractivity contribution in [3.63, 3.8) is 0 Å². The SMILES string of the molecule is CN(C)C(CNC(=O)C(=O)Nc1ccccc1F)c1cccc2ccccc12. The molecule has 0 aliphatic heterocycles.